The van der Waals surface area contributed by atoms with Gasteiger partial charge in [0.05, 0.1) is 46.1 Å². The molecule has 0 aromatic heterocycles. The molecule has 1 unspecified atom stereocenters. The van der Waals surface area contributed by atoms with Gasteiger partial charge in [-0.3, -0.25) is 14.2 Å². The molecule has 13 heteroatoms. The Labute approximate surface area is 358 Å². The predicted molar refractivity (Wildman–Crippen MR) is 233 cm³/mol. The highest BCUT2D eigenvalue weighted by atomic mass is 31.2. The van der Waals surface area contributed by atoms with Gasteiger partial charge in [-0.2, -0.15) is 0 Å². The Hall–Kier alpha value is -1.63. The third kappa shape index (κ3) is 31.0. The van der Waals surface area contributed by atoms with Gasteiger partial charge in [0, 0.05) is 25.2 Å². The molecule has 1 fully saturated rings. The number of quaternary nitrogens is 1. The number of allylic oxidation sites excluding steroid dienone is 2. The van der Waals surface area contributed by atoms with Crippen LogP contribution in [-0.2, 0) is 32.7 Å². The molecule has 3 N–H and O–H groups in total. The van der Waals surface area contributed by atoms with Gasteiger partial charge in [0.25, 0.3) is 7.82 Å². The standard InChI is InChI=1S/C46H86NO11P/c1-6-8-10-11-12-13-14-15-16-17-18-19-20-21-27-31-46(52)58-40(38-57-59(53,54)56-35-34-47(3,4)5)37-55-45(51)30-26-23-22-25-29-41-42(44(50)36-43(41)49)33-32-39(48)28-24-9-7-2/h22,25,32-33,39-44,48-50H,6-21,23-24,26-31,34-38H2,1-5H3/b25-22+,33-32+/t39-,40+,41+,42+,43-,44+/m0/s1. The van der Waals surface area contributed by atoms with Gasteiger partial charge >= 0.3 is 11.9 Å². The predicted octanol–water partition coefficient (Wildman–Crippen LogP) is 8.88. The molecule has 0 heterocycles. The molecular formula is C46H86NO11P. The van der Waals surface area contributed by atoms with E-state index in [9.17, 15) is 34.4 Å². The zero-order chi connectivity index (χ0) is 43.8. The fourth-order valence-corrected chi connectivity index (χ4v) is 8.02. The molecule has 0 aromatic carbocycles. The number of nitrogens with zero attached hydrogens (tertiary/aromatic N) is 1. The van der Waals surface area contributed by atoms with E-state index in [0.717, 1.165) is 38.5 Å². The van der Waals surface area contributed by atoms with E-state index < -0.39 is 50.8 Å². The van der Waals surface area contributed by atoms with E-state index in [1.807, 2.05) is 39.4 Å². The van der Waals surface area contributed by atoms with Crippen molar-refractivity contribution in [3.05, 3.63) is 24.3 Å². The molecule has 1 aliphatic carbocycles. The van der Waals surface area contributed by atoms with Crippen molar-refractivity contribution >= 4 is 19.8 Å². The van der Waals surface area contributed by atoms with Crippen LogP contribution in [0.2, 0.25) is 0 Å². The van der Waals surface area contributed by atoms with E-state index in [-0.39, 0.29) is 37.9 Å². The van der Waals surface area contributed by atoms with Crippen molar-refractivity contribution in [2.45, 2.75) is 199 Å². The number of aliphatic hydroxyl groups is 3. The van der Waals surface area contributed by atoms with Gasteiger partial charge in [-0.1, -0.05) is 147 Å². The molecule has 0 spiro atoms. The van der Waals surface area contributed by atoms with E-state index in [0.29, 0.717) is 49.6 Å². The number of ether oxygens (including phenoxy) is 2. The zero-order valence-corrected chi connectivity index (χ0v) is 38.7. The van der Waals surface area contributed by atoms with Gasteiger partial charge in [0.1, 0.15) is 19.8 Å². The second-order valence-corrected chi connectivity index (χ2v) is 19.2. The van der Waals surface area contributed by atoms with E-state index in [1.165, 1.54) is 70.6 Å². The summed E-state index contributed by atoms with van der Waals surface area (Å²) in [5, 5.41) is 31.3. The van der Waals surface area contributed by atoms with Crippen molar-refractivity contribution in [2.24, 2.45) is 11.8 Å². The van der Waals surface area contributed by atoms with Crippen LogP contribution in [0.25, 0.3) is 0 Å². The van der Waals surface area contributed by atoms with Crippen molar-refractivity contribution < 1.29 is 57.4 Å². The number of hydrogen-bond acceptors (Lipinski definition) is 11. The van der Waals surface area contributed by atoms with E-state index in [1.54, 1.807) is 6.08 Å². The minimum Gasteiger partial charge on any atom is -0.756 e. The van der Waals surface area contributed by atoms with Gasteiger partial charge in [0.2, 0.25) is 0 Å². The number of hydrogen-bond donors (Lipinski definition) is 3. The van der Waals surface area contributed by atoms with Crippen LogP contribution in [0.5, 0.6) is 0 Å². The molecule has 0 bridgehead atoms. The maximum atomic E-state index is 12.7. The highest BCUT2D eigenvalue weighted by Crippen LogP contribution is 2.38. The Bertz CT molecular complexity index is 1180. The minimum atomic E-state index is -4.68. The number of phosphoric ester groups is 1. The minimum absolute atomic E-state index is 0.0679. The molecule has 1 rings (SSSR count). The topological polar surface area (TPSA) is 172 Å². The lowest BCUT2D eigenvalue weighted by atomic mass is 9.89. The lowest BCUT2D eigenvalue weighted by Gasteiger charge is -2.28. The van der Waals surface area contributed by atoms with Crippen molar-refractivity contribution in [2.75, 3.05) is 47.5 Å². The fraction of sp³-hybridized carbons (Fsp3) is 0.870. The molecule has 0 aliphatic heterocycles. The van der Waals surface area contributed by atoms with E-state index >= 15 is 0 Å². The molecule has 346 valence electrons. The molecule has 0 amide bonds. The normalized spacial score (nSPS) is 20.6. The van der Waals surface area contributed by atoms with Gasteiger partial charge in [-0.25, -0.2) is 0 Å². The Morgan fingerprint density at radius 3 is 1.90 bits per heavy atom. The number of phosphoric acid groups is 1. The van der Waals surface area contributed by atoms with Crippen molar-refractivity contribution in [3.63, 3.8) is 0 Å². The smallest absolute Gasteiger partial charge is 0.306 e. The first kappa shape index (κ1) is 55.4. The molecule has 0 radical (unpaired) electrons. The maximum absolute atomic E-state index is 12.7. The fourth-order valence-electron chi connectivity index (χ4n) is 7.30. The zero-order valence-electron chi connectivity index (χ0n) is 37.8. The van der Waals surface area contributed by atoms with Gasteiger partial charge < -0.3 is 43.2 Å². The number of carbonyl (C=O) groups excluding carboxylic acids is 2. The lowest BCUT2D eigenvalue weighted by molar-refractivity contribution is -0.870. The first-order valence-electron chi connectivity index (χ1n) is 23.3. The molecule has 59 heavy (non-hydrogen) atoms. The van der Waals surface area contributed by atoms with Crippen LogP contribution in [0.15, 0.2) is 24.3 Å². The summed E-state index contributed by atoms with van der Waals surface area (Å²) in [5.74, 6) is -1.42. The van der Waals surface area contributed by atoms with Crippen LogP contribution in [0, 0.1) is 11.8 Å². The summed E-state index contributed by atoms with van der Waals surface area (Å²) >= 11 is 0. The summed E-state index contributed by atoms with van der Waals surface area (Å²) in [6.07, 6.45) is 28.7. The van der Waals surface area contributed by atoms with Gasteiger partial charge in [-0.15, -0.1) is 0 Å². The Kier molecular flexibility index (Phi) is 31.9. The number of esters is 2. The first-order chi connectivity index (χ1) is 28.2. The summed E-state index contributed by atoms with van der Waals surface area (Å²) in [6.45, 7) is 3.86. The van der Waals surface area contributed by atoms with Crippen molar-refractivity contribution in [3.8, 4) is 0 Å². The van der Waals surface area contributed by atoms with E-state index in [2.05, 4.69) is 13.8 Å². The van der Waals surface area contributed by atoms with Crippen LogP contribution >= 0.6 is 7.82 Å². The van der Waals surface area contributed by atoms with Crippen molar-refractivity contribution in [1.29, 1.82) is 0 Å². The van der Waals surface area contributed by atoms with Crippen LogP contribution < -0.4 is 4.89 Å². The molecular weight excluding hydrogens is 773 g/mol. The number of likely N-dealkylation sites (N-methyl/N-ethyl adjacent to an activating group) is 1. The first-order valence-corrected chi connectivity index (χ1v) is 24.8. The number of unbranched alkanes of at least 4 members (excludes halogenated alkanes) is 17. The summed E-state index contributed by atoms with van der Waals surface area (Å²) in [6, 6.07) is 0. The Morgan fingerprint density at radius 1 is 0.746 bits per heavy atom. The number of rotatable bonds is 38. The number of carbonyl (C=O) groups is 2. The highest BCUT2D eigenvalue weighted by Gasteiger charge is 2.39. The monoisotopic (exact) mass is 860 g/mol. The average molecular weight is 860 g/mol. The van der Waals surface area contributed by atoms with Gasteiger partial charge in [-0.05, 0) is 38.0 Å². The van der Waals surface area contributed by atoms with E-state index in [4.69, 9.17) is 18.5 Å². The molecule has 12 nitrogen and oxygen atoms in total. The molecule has 1 aliphatic rings. The third-order valence-corrected chi connectivity index (χ3v) is 12.0. The van der Waals surface area contributed by atoms with Crippen LogP contribution in [-0.4, -0.2) is 104 Å². The SMILES string of the molecule is CCCCCCCCCCCCCCCCCC(=O)O[C@H](COC(=O)CCC/C=C/C[C@@H]1[C@@H](/C=C/[C@@H](O)CCCCC)[C@H](O)C[C@@H]1O)COP(=O)([O-])OCC[N+](C)(C)C. The summed E-state index contributed by atoms with van der Waals surface area (Å²) in [5.41, 5.74) is 0. The molecule has 1 saturated carbocycles. The lowest BCUT2D eigenvalue weighted by Crippen LogP contribution is -2.37. The van der Waals surface area contributed by atoms with Gasteiger partial charge in [0.15, 0.2) is 6.10 Å². The quantitative estimate of drug-likeness (QED) is 0.0178. The van der Waals surface area contributed by atoms with Crippen molar-refractivity contribution in [1.82, 2.24) is 0 Å². The Morgan fingerprint density at radius 2 is 1.31 bits per heavy atom. The van der Waals surface area contributed by atoms with Crippen LogP contribution in [0.1, 0.15) is 174 Å². The molecule has 7 atom stereocenters. The highest BCUT2D eigenvalue weighted by molar-refractivity contribution is 7.45. The largest absolute Gasteiger partial charge is 0.756 e. The van der Waals surface area contributed by atoms with Crippen LogP contribution in [0.4, 0.5) is 0 Å². The summed E-state index contributed by atoms with van der Waals surface area (Å²) < 4.78 is 33.9. The molecule has 0 saturated heterocycles. The third-order valence-electron chi connectivity index (χ3n) is 11.0. The summed E-state index contributed by atoms with van der Waals surface area (Å²) in [7, 11) is 1.04. The van der Waals surface area contributed by atoms with Crippen LogP contribution in [0.3, 0.4) is 0 Å². The number of aliphatic hydroxyl groups excluding tert-OH is 3. The maximum Gasteiger partial charge on any atom is 0.306 e. The second-order valence-electron chi connectivity index (χ2n) is 17.7. The molecule has 0 aromatic rings. The summed E-state index contributed by atoms with van der Waals surface area (Å²) in [4.78, 5) is 37.8. The second kappa shape index (κ2) is 33.9. The average Bonchev–Trinajstić information content (AvgIpc) is 3.44. The Balaban J connectivity index is 2.48.